The van der Waals surface area contributed by atoms with Crippen LogP contribution in [-0.4, -0.2) is 13.6 Å². The molecule has 3 nitrogen and oxygen atoms in total. The van der Waals surface area contributed by atoms with Gasteiger partial charge in [0.15, 0.2) is 0 Å². The van der Waals surface area contributed by atoms with Crippen molar-refractivity contribution < 1.29 is 4.74 Å². The van der Waals surface area contributed by atoms with E-state index in [1.807, 2.05) is 30.3 Å². The van der Waals surface area contributed by atoms with Gasteiger partial charge in [0.1, 0.15) is 11.5 Å². The Morgan fingerprint density at radius 1 is 1.05 bits per heavy atom. The van der Waals surface area contributed by atoms with E-state index < -0.39 is 0 Å². The van der Waals surface area contributed by atoms with Crippen LogP contribution in [0.5, 0.6) is 11.5 Å². The third kappa shape index (κ3) is 4.25. The highest BCUT2D eigenvalue weighted by Crippen LogP contribution is 2.26. The molecule has 0 unspecified atom stereocenters. The molecule has 0 amide bonds. The Bertz CT molecular complexity index is 605. The second kappa shape index (κ2) is 7.32. The van der Waals surface area contributed by atoms with Crippen LogP contribution in [0, 0.1) is 12.8 Å². The van der Waals surface area contributed by atoms with E-state index in [0.29, 0.717) is 12.5 Å². The summed E-state index contributed by atoms with van der Waals surface area (Å²) in [4.78, 5) is 2.26. The molecular formula is C19H26N2O. The van der Waals surface area contributed by atoms with Crippen molar-refractivity contribution in [3.8, 4) is 11.5 Å². The van der Waals surface area contributed by atoms with Crippen molar-refractivity contribution in [2.24, 2.45) is 11.7 Å². The van der Waals surface area contributed by atoms with Crippen molar-refractivity contribution in [2.45, 2.75) is 27.3 Å². The smallest absolute Gasteiger partial charge is 0.127 e. The van der Waals surface area contributed by atoms with Gasteiger partial charge in [0.25, 0.3) is 0 Å². The molecule has 0 spiro atoms. The number of anilines is 1. The molecule has 0 aliphatic heterocycles. The lowest BCUT2D eigenvalue weighted by Crippen LogP contribution is -2.22. The third-order valence-electron chi connectivity index (χ3n) is 3.69. The lowest BCUT2D eigenvalue weighted by Gasteiger charge is -2.21. The highest BCUT2D eigenvalue weighted by atomic mass is 16.5. The fourth-order valence-corrected chi connectivity index (χ4v) is 2.49. The molecule has 0 saturated carbocycles. The molecule has 0 aromatic heterocycles. The van der Waals surface area contributed by atoms with Crippen LogP contribution in [-0.2, 0) is 6.54 Å². The molecule has 0 atom stereocenters. The predicted molar refractivity (Wildman–Crippen MR) is 93.7 cm³/mol. The Hall–Kier alpha value is -2.00. The molecule has 0 heterocycles. The van der Waals surface area contributed by atoms with E-state index >= 15 is 0 Å². The predicted octanol–water partition coefficient (Wildman–Crippen LogP) is 4.34. The van der Waals surface area contributed by atoms with Crippen LogP contribution in [0.2, 0.25) is 0 Å². The number of nitrogens with zero attached hydrogens (tertiary/aromatic N) is 1. The van der Waals surface area contributed by atoms with E-state index in [1.165, 1.54) is 11.3 Å². The van der Waals surface area contributed by atoms with Crippen LogP contribution in [0.4, 0.5) is 5.69 Å². The van der Waals surface area contributed by atoms with Gasteiger partial charge >= 0.3 is 0 Å². The molecule has 2 rings (SSSR count). The Morgan fingerprint density at radius 2 is 1.68 bits per heavy atom. The molecule has 0 aliphatic carbocycles. The van der Waals surface area contributed by atoms with E-state index in [4.69, 9.17) is 10.5 Å². The van der Waals surface area contributed by atoms with Gasteiger partial charge in [-0.05, 0) is 60.4 Å². The zero-order valence-corrected chi connectivity index (χ0v) is 14.0. The lowest BCUT2D eigenvalue weighted by molar-refractivity contribution is 0.481. The minimum Gasteiger partial charge on any atom is -0.457 e. The number of hydrogen-bond acceptors (Lipinski definition) is 3. The van der Waals surface area contributed by atoms with Crippen LogP contribution in [0.25, 0.3) is 0 Å². The van der Waals surface area contributed by atoms with Crippen molar-refractivity contribution in [2.75, 3.05) is 18.5 Å². The second-order valence-corrected chi connectivity index (χ2v) is 6.16. The largest absolute Gasteiger partial charge is 0.457 e. The number of rotatable bonds is 6. The molecule has 22 heavy (non-hydrogen) atoms. The molecule has 2 N–H and O–H groups in total. The van der Waals surface area contributed by atoms with Gasteiger partial charge in [0.05, 0.1) is 0 Å². The molecule has 0 saturated heterocycles. The summed E-state index contributed by atoms with van der Waals surface area (Å²) in [6, 6.07) is 14.2. The number of benzene rings is 2. The van der Waals surface area contributed by atoms with Crippen LogP contribution in [0.3, 0.4) is 0 Å². The van der Waals surface area contributed by atoms with Gasteiger partial charge in [0, 0.05) is 25.8 Å². The van der Waals surface area contributed by atoms with Crippen LogP contribution in [0.1, 0.15) is 25.0 Å². The molecule has 2 aromatic carbocycles. The summed E-state index contributed by atoms with van der Waals surface area (Å²) in [5.41, 5.74) is 9.26. The van der Waals surface area contributed by atoms with Gasteiger partial charge in [-0.3, -0.25) is 0 Å². The van der Waals surface area contributed by atoms with Gasteiger partial charge in [-0.15, -0.1) is 0 Å². The van der Waals surface area contributed by atoms with Gasteiger partial charge in [0.2, 0.25) is 0 Å². The Labute approximate surface area is 133 Å². The first kappa shape index (κ1) is 16.4. The average Bonchev–Trinajstić information content (AvgIpc) is 2.49. The first-order valence-corrected chi connectivity index (χ1v) is 7.78. The molecular weight excluding hydrogens is 272 g/mol. The number of ether oxygens (including phenoxy) is 1. The zero-order valence-electron chi connectivity index (χ0n) is 14.0. The van der Waals surface area contributed by atoms with Gasteiger partial charge in [-0.1, -0.05) is 19.9 Å². The summed E-state index contributed by atoms with van der Waals surface area (Å²) >= 11 is 0. The Morgan fingerprint density at radius 3 is 2.27 bits per heavy atom. The van der Waals surface area contributed by atoms with Crippen LogP contribution < -0.4 is 15.4 Å². The highest BCUT2D eigenvalue weighted by Gasteiger charge is 2.05. The van der Waals surface area contributed by atoms with Gasteiger partial charge < -0.3 is 15.4 Å². The minimum atomic E-state index is 0.530. The summed E-state index contributed by atoms with van der Waals surface area (Å²) in [5, 5.41) is 0. The highest BCUT2D eigenvalue weighted by molar-refractivity contribution is 5.49. The van der Waals surface area contributed by atoms with Crippen molar-refractivity contribution in [3.63, 3.8) is 0 Å². The van der Waals surface area contributed by atoms with Crippen molar-refractivity contribution in [1.82, 2.24) is 0 Å². The summed E-state index contributed by atoms with van der Waals surface area (Å²) in [6.07, 6.45) is 0. The molecule has 0 aliphatic rings. The maximum atomic E-state index is 5.92. The normalized spacial score (nSPS) is 10.8. The van der Waals surface area contributed by atoms with Crippen LogP contribution >= 0.6 is 0 Å². The van der Waals surface area contributed by atoms with Crippen molar-refractivity contribution in [1.29, 1.82) is 0 Å². The number of nitrogens with two attached hydrogens (primary N) is 1. The van der Waals surface area contributed by atoms with Crippen molar-refractivity contribution in [3.05, 3.63) is 53.6 Å². The van der Waals surface area contributed by atoms with E-state index in [0.717, 1.165) is 23.6 Å². The average molecular weight is 298 g/mol. The summed E-state index contributed by atoms with van der Waals surface area (Å²) in [5.74, 6) is 2.31. The topological polar surface area (TPSA) is 38.5 Å². The SMILES string of the molecule is Cc1ccc(Oc2ccc(N(C)CC(C)C)cc2)cc1CN. The van der Waals surface area contributed by atoms with E-state index in [9.17, 15) is 0 Å². The number of aryl methyl sites for hydroxylation is 1. The Kier molecular flexibility index (Phi) is 5.45. The molecule has 2 aromatic rings. The fourth-order valence-electron chi connectivity index (χ4n) is 2.49. The lowest BCUT2D eigenvalue weighted by atomic mass is 10.1. The zero-order chi connectivity index (χ0) is 16.1. The summed E-state index contributed by atoms with van der Waals surface area (Å²) in [6.45, 7) is 8.08. The van der Waals surface area contributed by atoms with E-state index in [2.05, 4.69) is 44.9 Å². The first-order chi connectivity index (χ1) is 10.5. The molecule has 0 fully saturated rings. The summed E-state index contributed by atoms with van der Waals surface area (Å²) in [7, 11) is 2.11. The standard InChI is InChI=1S/C19H26N2O/c1-14(2)13-21(4)17-6-9-18(10-7-17)22-19-8-5-15(3)16(11-19)12-20/h5-11,14H,12-13,20H2,1-4H3. The maximum absolute atomic E-state index is 5.92. The third-order valence-corrected chi connectivity index (χ3v) is 3.69. The number of hydrogen-bond donors (Lipinski definition) is 1. The minimum absolute atomic E-state index is 0.530. The van der Waals surface area contributed by atoms with Gasteiger partial charge in [-0.25, -0.2) is 0 Å². The van der Waals surface area contributed by atoms with Gasteiger partial charge in [-0.2, -0.15) is 0 Å². The molecule has 0 bridgehead atoms. The van der Waals surface area contributed by atoms with E-state index in [-0.39, 0.29) is 0 Å². The second-order valence-electron chi connectivity index (χ2n) is 6.16. The molecule has 3 heteroatoms. The molecule has 118 valence electrons. The maximum Gasteiger partial charge on any atom is 0.127 e. The quantitative estimate of drug-likeness (QED) is 0.862. The Balaban J connectivity index is 2.08. The first-order valence-electron chi connectivity index (χ1n) is 7.78. The van der Waals surface area contributed by atoms with Crippen LogP contribution in [0.15, 0.2) is 42.5 Å². The monoisotopic (exact) mass is 298 g/mol. The van der Waals surface area contributed by atoms with E-state index in [1.54, 1.807) is 0 Å². The summed E-state index contributed by atoms with van der Waals surface area (Å²) < 4.78 is 5.92. The fraction of sp³-hybridized carbons (Fsp3) is 0.368. The molecule has 0 radical (unpaired) electrons. The van der Waals surface area contributed by atoms with Crippen molar-refractivity contribution >= 4 is 5.69 Å².